The maximum Gasteiger partial charge on any atom is 0.307 e. The van der Waals surface area contributed by atoms with Gasteiger partial charge in [-0.2, -0.15) is 0 Å². The summed E-state index contributed by atoms with van der Waals surface area (Å²) >= 11 is 0. The molecule has 0 aromatic heterocycles. The zero-order valence-corrected chi connectivity index (χ0v) is 12.0. The van der Waals surface area contributed by atoms with E-state index in [0.717, 1.165) is 25.7 Å². The molecule has 3 fully saturated rings. The van der Waals surface area contributed by atoms with Crippen molar-refractivity contribution in [3.63, 3.8) is 0 Å². The summed E-state index contributed by atoms with van der Waals surface area (Å²) in [5.74, 6) is -1.50. The first-order valence-electron chi connectivity index (χ1n) is 8.00. The first kappa shape index (κ1) is 13.3. The molecule has 2 saturated carbocycles. The largest absolute Gasteiger partial charge is 0.481 e. The van der Waals surface area contributed by atoms with Crippen molar-refractivity contribution >= 4 is 11.9 Å². The van der Waals surface area contributed by atoms with E-state index in [2.05, 4.69) is 6.08 Å². The van der Waals surface area contributed by atoms with Gasteiger partial charge >= 0.3 is 5.97 Å². The maximum absolute atomic E-state index is 13.0. The van der Waals surface area contributed by atoms with Crippen molar-refractivity contribution in [3.8, 4) is 0 Å². The molecule has 0 radical (unpaired) electrons. The fraction of sp³-hybridized carbons (Fsp3) is 0.750. The molecule has 4 aliphatic rings. The van der Waals surface area contributed by atoms with Gasteiger partial charge in [-0.05, 0) is 37.5 Å². The topological polar surface area (TPSA) is 66.8 Å². The second-order valence-corrected chi connectivity index (χ2v) is 6.78. The number of hydrogen-bond acceptors (Lipinski definition) is 3. The molecule has 1 N–H and O–H groups in total. The smallest absolute Gasteiger partial charge is 0.307 e. The fourth-order valence-electron chi connectivity index (χ4n) is 4.89. The molecule has 5 nitrogen and oxygen atoms in total. The molecule has 0 spiro atoms. The third-order valence-electron chi connectivity index (χ3n) is 5.79. The van der Waals surface area contributed by atoms with Gasteiger partial charge < -0.3 is 14.7 Å². The molecule has 4 unspecified atom stereocenters. The Morgan fingerprint density at radius 1 is 1.14 bits per heavy atom. The van der Waals surface area contributed by atoms with Gasteiger partial charge in [0.25, 0.3) is 0 Å². The fourth-order valence-corrected chi connectivity index (χ4v) is 4.89. The summed E-state index contributed by atoms with van der Waals surface area (Å²) in [6.07, 6.45) is 8.15. The van der Waals surface area contributed by atoms with Gasteiger partial charge in [-0.3, -0.25) is 9.59 Å². The van der Waals surface area contributed by atoms with Crippen LogP contribution in [0.2, 0.25) is 0 Å². The molecule has 1 aliphatic heterocycles. The molecule has 6 atom stereocenters. The van der Waals surface area contributed by atoms with Crippen LogP contribution in [-0.4, -0.2) is 47.2 Å². The molecule has 1 saturated heterocycles. The lowest BCUT2D eigenvalue weighted by atomic mass is 9.81. The van der Waals surface area contributed by atoms with Gasteiger partial charge in [-0.15, -0.1) is 0 Å². The van der Waals surface area contributed by atoms with Gasteiger partial charge in [0.05, 0.1) is 30.6 Å². The van der Waals surface area contributed by atoms with Crippen LogP contribution in [0.25, 0.3) is 0 Å². The predicted molar refractivity (Wildman–Crippen MR) is 74.4 cm³/mol. The molecule has 2 bridgehead atoms. The van der Waals surface area contributed by atoms with Crippen LogP contribution in [0.3, 0.4) is 0 Å². The number of hydrogen-bond donors (Lipinski definition) is 1. The van der Waals surface area contributed by atoms with E-state index in [-0.39, 0.29) is 35.8 Å². The average Bonchev–Trinajstić information content (AvgIpc) is 3.19. The van der Waals surface area contributed by atoms with Crippen LogP contribution in [-0.2, 0) is 14.3 Å². The Bertz CT molecular complexity index is 503. The minimum Gasteiger partial charge on any atom is -0.481 e. The summed E-state index contributed by atoms with van der Waals surface area (Å²) in [4.78, 5) is 26.5. The minimum absolute atomic E-state index is 0.0434. The number of morpholine rings is 1. The summed E-state index contributed by atoms with van der Waals surface area (Å²) in [6, 6.07) is 0.170. The number of carboxylic acid groups (broad SMARTS) is 1. The van der Waals surface area contributed by atoms with Crippen LogP contribution < -0.4 is 0 Å². The van der Waals surface area contributed by atoms with Crippen LogP contribution in [0.1, 0.15) is 25.7 Å². The average molecular weight is 291 g/mol. The number of carbonyl (C=O) groups excluding carboxylic acids is 1. The molecule has 4 rings (SSSR count). The van der Waals surface area contributed by atoms with Crippen molar-refractivity contribution in [2.75, 3.05) is 13.2 Å². The highest BCUT2D eigenvalue weighted by Gasteiger charge is 2.54. The van der Waals surface area contributed by atoms with Crippen molar-refractivity contribution in [1.29, 1.82) is 0 Å². The Morgan fingerprint density at radius 2 is 1.90 bits per heavy atom. The minimum atomic E-state index is -0.818. The Balaban J connectivity index is 1.59. The van der Waals surface area contributed by atoms with E-state index in [4.69, 9.17) is 4.74 Å². The molecule has 0 aromatic rings. The predicted octanol–water partition coefficient (Wildman–Crippen LogP) is 1.29. The van der Waals surface area contributed by atoms with Crippen molar-refractivity contribution < 1.29 is 19.4 Å². The SMILES string of the molecule is O=C(O)[C@@H]1C2C=CC(C2)[C@@H]1C(=O)N1CCOC2CCCC21. The number of fused-ring (bicyclic) bond motifs is 3. The van der Waals surface area contributed by atoms with Crippen molar-refractivity contribution in [2.24, 2.45) is 23.7 Å². The number of ether oxygens (including phenoxy) is 1. The Kier molecular flexibility index (Phi) is 3.06. The second-order valence-electron chi connectivity index (χ2n) is 6.78. The van der Waals surface area contributed by atoms with Crippen molar-refractivity contribution in [3.05, 3.63) is 12.2 Å². The zero-order valence-electron chi connectivity index (χ0n) is 12.0. The van der Waals surface area contributed by atoms with E-state index in [1.807, 2.05) is 11.0 Å². The van der Waals surface area contributed by atoms with E-state index < -0.39 is 11.9 Å². The second kappa shape index (κ2) is 4.83. The van der Waals surface area contributed by atoms with Gasteiger partial charge in [0.2, 0.25) is 5.91 Å². The number of carboxylic acids is 1. The number of rotatable bonds is 2. The lowest BCUT2D eigenvalue weighted by Crippen LogP contribution is -2.54. The van der Waals surface area contributed by atoms with Gasteiger partial charge in [0.1, 0.15) is 0 Å². The Morgan fingerprint density at radius 3 is 2.67 bits per heavy atom. The van der Waals surface area contributed by atoms with Gasteiger partial charge in [-0.25, -0.2) is 0 Å². The highest BCUT2D eigenvalue weighted by Crippen LogP contribution is 2.49. The van der Waals surface area contributed by atoms with Crippen molar-refractivity contribution in [2.45, 2.75) is 37.8 Å². The Hall–Kier alpha value is -1.36. The van der Waals surface area contributed by atoms with E-state index >= 15 is 0 Å². The van der Waals surface area contributed by atoms with E-state index in [9.17, 15) is 14.7 Å². The summed E-state index contributed by atoms with van der Waals surface area (Å²) in [5, 5.41) is 9.51. The van der Waals surface area contributed by atoms with Crippen LogP contribution in [0.15, 0.2) is 12.2 Å². The van der Waals surface area contributed by atoms with Gasteiger partial charge in [-0.1, -0.05) is 12.2 Å². The third kappa shape index (κ3) is 1.94. The third-order valence-corrected chi connectivity index (χ3v) is 5.79. The maximum atomic E-state index is 13.0. The number of nitrogens with zero attached hydrogens (tertiary/aromatic N) is 1. The van der Waals surface area contributed by atoms with Crippen LogP contribution in [0.4, 0.5) is 0 Å². The monoisotopic (exact) mass is 291 g/mol. The first-order valence-corrected chi connectivity index (χ1v) is 8.00. The molecule has 3 aliphatic carbocycles. The van der Waals surface area contributed by atoms with E-state index in [1.54, 1.807) is 0 Å². The molecule has 5 heteroatoms. The number of allylic oxidation sites excluding steroid dienone is 2. The summed E-state index contributed by atoms with van der Waals surface area (Å²) in [7, 11) is 0. The lowest BCUT2D eigenvalue weighted by Gasteiger charge is -2.40. The highest BCUT2D eigenvalue weighted by atomic mass is 16.5. The molecule has 0 aromatic carbocycles. The molecular formula is C16H21NO4. The van der Waals surface area contributed by atoms with Crippen LogP contribution in [0.5, 0.6) is 0 Å². The standard InChI is InChI=1S/C16H21NO4/c18-15(17-6-7-21-12-3-1-2-11(12)17)13-9-4-5-10(8-9)14(13)16(19)20/h4-5,9-14H,1-3,6-8H2,(H,19,20)/t9?,10?,11?,12?,13-,14+/m0/s1. The van der Waals surface area contributed by atoms with Gasteiger partial charge in [0.15, 0.2) is 0 Å². The molecule has 1 amide bonds. The first-order chi connectivity index (χ1) is 10.2. The molecular weight excluding hydrogens is 270 g/mol. The van der Waals surface area contributed by atoms with Crippen LogP contribution in [0, 0.1) is 23.7 Å². The summed E-state index contributed by atoms with van der Waals surface area (Å²) in [6.45, 7) is 1.20. The molecule has 1 heterocycles. The molecule has 114 valence electrons. The van der Waals surface area contributed by atoms with Gasteiger partial charge in [0, 0.05) is 6.54 Å². The number of aliphatic carboxylic acids is 1. The van der Waals surface area contributed by atoms with Crippen LogP contribution >= 0.6 is 0 Å². The van der Waals surface area contributed by atoms with E-state index in [1.165, 1.54) is 0 Å². The number of amides is 1. The highest BCUT2D eigenvalue weighted by molar-refractivity contribution is 5.87. The van der Waals surface area contributed by atoms with Crippen molar-refractivity contribution in [1.82, 2.24) is 4.90 Å². The van der Waals surface area contributed by atoms with E-state index in [0.29, 0.717) is 13.2 Å². The quantitative estimate of drug-likeness (QED) is 0.779. The summed E-state index contributed by atoms with van der Waals surface area (Å²) in [5.41, 5.74) is 0. The Labute approximate surface area is 123 Å². The normalized spacial score (nSPS) is 44.1. The lowest BCUT2D eigenvalue weighted by molar-refractivity contribution is -0.157. The summed E-state index contributed by atoms with van der Waals surface area (Å²) < 4.78 is 5.76. The number of carbonyl (C=O) groups is 2. The molecule has 21 heavy (non-hydrogen) atoms. The zero-order chi connectivity index (χ0) is 14.6.